The monoisotopic (exact) mass is 513 g/mol. The molecule has 0 spiro atoms. The van der Waals surface area contributed by atoms with Crippen LogP contribution in [-0.2, 0) is 11.2 Å². The van der Waals surface area contributed by atoms with Gasteiger partial charge in [0.05, 0.1) is 18.6 Å². The molecule has 3 aromatic rings. The summed E-state index contributed by atoms with van der Waals surface area (Å²) in [4.78, 5) is 41.1. The molecule has 7 heteroatoms. The van der Waals surface area contributed by atoms with Crippen molar-refractivity contribution >= 4 is 17.8 Å². The number of esters is 1. The van der Waals surface area contributed by atoms with Crippen LogP contribution in [0.4, 0.5) is 0 Å². The maximum absolute atomic E-state index is 13.6. The van der Waals surface area contributed by atoms with Crippen molar-refractivity contribution in [3.63, 3.8) is 0 Å². The number of aliphatic carboxylic acids is 1. The SMILES string of the molecule is COc1cc2c(cc1OC(=O)c1ccccc1)[C@@H](C(=O)O)[C@H]1[C@@H](C2)CN(C(=O)c2ccccc2)[C@H]1C(C)C. The molecule has 1 heterocycles. The molecular formula is C31H31NO6. The highest BCUT2D eigenvalue weighted by Gasteiger charge is 2.53. The molecule has 0 saturated carbocycles. The molecule has 3 aromatic carbocycles. The van der Waals surface area contributed by atoms with Gasteiger partial charge in [0, 0.05) is 24.1 Å². The van der Waals surface area contributed by atoms with Crippen molar-refractivity contribution in [2.24, 2.45) is 17.8 Å². The summed E-state index contributed by atoms with van der Waals surface area (Å²) in [5, 5.41) is 10.5. The van der Waals surface area contributed by atoms with E-state index in [9.17, 15) is 19.5 Å². The van der Waals surface area contributed by atoms with E-state index in [1.165, 1.54) is 7.11 Å². The molecule has 1 aliphatic carbocycles. The highest BCUT2D eigenvalue weighted by Crippen LogP contribution is 2.51. The molecule has 0 bridgehead atoms. The number of carbonyl (C=O) groups is 3. The Kier molecular flexibility index (Phi) is 6.93. The Morgan fingerprint density at radius 1 is 0.921 bits per heavy atom. The molecule has 196 valence electrons. The zero-order chi connectivity index (χ0) is 27.0. The van der Waals surface area contributed by atoms with Crippen LogP contribution in [0, 0.1) is 17.8 Å². The molecule has 5 rings (SSSR count). The lowest BCUT2D eigenvalue weighted by atomic mass is 9.66. The smallest absolute Gasteiger partial charge is 0.343 e. The summed E-state index contributed by atoms with van der Waals surface area (Å²) in [5.41, 5.74) is 2.42. The first-order valence-corrected chi connectivity index (χ1v) is 12.9. The average Bonchev–Trinajstić information content (AvgIpc) is 3.30. The number of carboxylic acids is 1. The third-order valence-corrected chi connectivity index (χ3v) is 7.80. The van der Waals surface area contributed by atoms with E-state index >= 15 is 0 Å². The Bertz CT molecular complexity index is 1350. The number of amides is 1. The summed E-state index contributed by atoms with van der Waals surface area (Å²) in [5.74, 6) is -2.14. The Morgan fingerprint density at radius 3 is 2.13 bits per heavy atom. The average molecular weight is 514 g/mol. The summed E-state index contributed by atoms with van der Waals surface area (Å²) in [7, 11) is 1.49. The number of fused-ring (bicyclic) bond motifs is 2. The van der Waals surface area contributed by atoms with E-state index < -0.39 is 17.9 Å². The van der Waals surface area contributed by atoms with Gasteiger partial charge in [-0.05, 0) is 65.8 Å². The molecule has 2 aliphatic rings. The van der Waals surface area contributed by atoms with Gasteiger partial charge < -0.3 is 19.5 Å². The molecule has 7 nitrogen and oxygen atoms in total. The van der Waals surface area contributed by atoms with Crippen molar-refractivity contribution in [3.05, 3.63) is 95.1 Å². The van der Waals surface area contributed by atoms with Gasteiger partial charge in [0.15, 0.2) is 11.5 Å². The van der Waals surface area contributed by atoms with E-state index in [0.29, 0.717) is 35.4 Å². The predicted octanol–water partition coefficient (Wildman–Crippen LogP) is 5.05. The molecule has 0 radical (unpaired) electrons. The highest BCUT2D eigenvalue weighted by atomic mass is 16.6. The number of hydrogen-bond acceptors (Lipinski definition) is 5. The van der Waals surface area contributed by atoms with E-state index in [4.69, 9.17) is 9.47 Å². The van der Waals surface area contributed by atoms with Crippen molar-refractivity contribution in [1.29, 1.82) is 0 Å². The first-order chi connectivity index (χ1) is 18.3. The summed E-state index contributed by atoms with van der Waals surface area (Å²) < 4.78 is 11.2. The first-order valence-electron chi connectivity index (χ1n) is 12.9. The number of rotatable bonds is 6. The van der Waals surface area contributed by atoms with Crippen LogP contribution in [-0.4, -0.2) is 47.5 Å². The molecule has 1 amide bonds. The minimum absolute atomic E-state index is 0.0221. The Hall–Kier alpha value is -4.13. The van der Waals surface area contributed by atoms with Crippen LogP contribution >= 0.6 is 0 Å². The van der Waals surface area contributed by atoms with Gasteiger partial charge in [0.25, 0.3) is 5.91 Å². The largest absolute Gasteiger partial charge is 0.493 e. The standard InChI is InChI=1S/C31H31NO6/c1-18(2)28-26-22(17-32(28)29(33)19-10-6-4-7-11-19)14-21-15-24(37-3)25(16-23(21)27(26)30(34)35)38-31(36)20-12-8-5-9-13-20/h4-13,15-16,18,22,26-28H,14,17H2,1-3H3,(H,34,35)/t22-,26+,27+,28-/m0/s1. The van der Waals surface area contributed by atoms with Gasteiger partial charge in [0.2, 0.25) is 0 Å². The van der Waals surface area contributed by atoms with Crippen LogP contribution in [0.2, 0.25) is 0 Å². The van der Waals surface area contributed by atoms with Gasteiger partial charge >= 0.3 is 11.9 Å². The normalized spacial score (nSPS) is 21.9. The second-order valence-corrected chi connectivity index (χ2v) is 10.4. The third-order valence-electron chi connectivity index (χ3n) is 7.80. The second kappa shape index (κ2) is 10.3. The van der Waals surface area contributed by atoms with Gasteiger partial charge in [-0.2, -0.15) is 0 Å². The quantitative estimate of drug-likeness (QED) is 0.366. The van der Waals surface area contributed by atoms with Crippen LogP contribution in [0.1, 0.15) is 51.6 Å². The fraction of sp³-hybridized carbons (Fsp3) is 0.323. The number of benzene rings is 3. The number of likely N-dealkylation sites (tertiary alicyclic amines) is 1. The highest BCUT2D eigenvalue weighted by molar-refractivity contribution is 5.95. The Morgan fingerprint density at radius 2 is 1.55 bits per heavy atom. The fourth-order valence-corrected chi connectivity index (χ4v) is 6.27. The molecule has 38 heavy (non-hydrogen) atoms. The predicted molar refractivity (Wildman–Crippen MR) is 142 cm³/mol. The van der Waals surface area contributed by atoms with Crippen LogP contribution in [0.25, 0.3) is 0 Å². The topological polar surface area (TPSA) is 93.1 Å². The second-order valence-electron chi connectivity index (χ2n) is 10.4. The number of hydrogen-bond donors (Lipinski definition) is 1. The van der Waals surface area contributed by atoms with Crippen molar-refractivity contribution in [1.82, 2.24) is 4.90 Å². The maximum atomic E-state index is 13.6. The van der Waals surface area contributed by atoms with Crippen LogP contribution in [0.3, 0.4) is 0 Å². The van der Waals surface area contributed by atoms with Crippen molar-refractivity contribution in [2.75, 3.05) is 13.7 Å². The van der Waals surface area contributed by atoms with Crippen molar-refractivity contribution < 1.29 is 29.0 Å². The van der Waals surface area contributed by atoms with Crippen molar-refractivity contribution in [2.45, 2.75) is 32.2 Å². The zero-order valence-electron chi connectivity index (χ0n) is 21.7. The summed E-state index contributed by atoms with van der Waals surface area (Å²) in [6.07, 6.45) is 0.606. The first kappa shape index (κ1) is 25.5. The molecule has 1 fully saturated rings. The van der Waals surface area contributed by atoms with Crippen LogP contribution in [0.15, 0.2) is 72.8 Å². The summed E-state index contributed by atoms with van der Waals surface area (Å²) in [6.45, 7) is 4.55. The molecule has 1 aliphatic heterocycles. The van der Waals surface area contributed by atoms with Crippen molar-refractivity contribution in [3.8, 4) is 11.5 Å². The van der Waals surface area contributed by atoms with E-state index in [-0.39, 0.29) is 35.5 Å². The molecule has 1 saturated heterocycles. The van der Waals surface area contributed by atoms with Gasteiger partial charge in [-0.25, -0.2) is 4.79 Å². The fourth-order valence-electron chi connectivity index (χ4n) is 6.27. The lowest BCUT2D eigenvalue weighted by Gasteiger charge is -2.38. The zero-order valence-corrected chi connectivity index (χ0v) is 21.7. The molecular weight excluding hydrogens is 482 g/mol. The van der Waals surface area contributed by atoms with E-state index in [1.807, 2.05) is 43.0 Å². The minimum atomic E-state index is -0.953. The summed E-state index contributed by atoms with van der Waals surface area (Å²) in [6, 6.07) is 20.9. The summed E-state index contributed by atoms with van der Waals surface area (Å²) >= 11 is 0. The number of carbonyl (C=O) groups excluding carboxylic acids is 2. The molecule has 0 unspecified atom stereocenters. The molecule has 1 N–H and O–H groups in total. The lowest BCUT2D eigenvalue weighted by Crippen LogP contribution is -2.44. The third kappa shape index (κ3) is 4.53. The van der Waals surface area contributed by atoms with Gasteiger partial charge in [-0.1, -0.05) is 50.2 Å². The lowest BCUT2D eigenvalue weighted by molar-refractivity contribution is -0.141. The van der Waals surface area contributed by atoms with E-state index in [2.05, 4.69) is 0 Å². The number of carboxylic acid groups (broad SMARTS) is 1. The molecule has 0 aromatic heterocycles. The molecule has 4 atom stereocenters. The van der Waals surface area contributed by atoms with Crippen LogP contribution < -0.4 is 9.47 Å². The Balaban J connectivity index is 1.54. The Labute approximate surface area is 222 Å². The minimum Gasteiger partial charge on any atom is -0.493 e. The number of ether oxygens (including phenoxy) is 2. The number of nitrogens with zero attached hydrogens (tertiary/aromatic N) is 1. The van der Waals surface area contributed by atoms with Gasteiger partial charge in [0.1, 0.15) is 0 Å². The van der Waals surface area contributed by atoms with Crippen LogP contribution in [0.5, 0.6) is 11.5 Å². The van der Waals surface area contributed by atoms with E-state index in [0.717, 1.165) is 5.56 Å². The van der Waals surface area contributed by atoms with Gasteiger partial charge in [-0.15, -0.1) is 0 Å². The maximum Gasteiger partial charge on any atom is 0.343 e. The van der Waals surface area contributed by atoms with Gasteiger partial charge in [-0.3, -0.25) is 9.59 Å². The van der Waals surface area contributed by atoms with E-state index in [1.54, 1.807) is 48.5 Å². The number of methoxy groups -OCH3 is 1.